The lowest BCUT2D eigenvalue weighted by Crippen LogP contribution is -2.62. The zero-order valence-corrected chi connectivity index (χ0v) is 12.5. The van der Waals surface area contributed by atoms with Gasteiger partial charge in [-0.1, -0.05) is 6.07 Å². The number of halogens is 2. The molecule has 1 fully saturated rings. The quantitative estimate of drug-likeness (QED) is 0.830. The Morgan fingerprint density at radius 1 is 1.09 bits per heavy atom. The number of nitrogens with one attached hydrogen (secondary N) is 2. The number of carbonyl (C=O) groups is 2. The van der Waals surface area contributed by atoms with Gasteiger partial charge in [0.05, 0.1) is 0 Å². The first-order chi connectivity index (χ1) is 10.4. The van der Waals surface area contributed by atoms with E-state index >= 15 is 0 Å². The fourth-order valence-corrected chi connectivity index (χ4v) is 2.32. The number of amides is 2. The smallest absolute Gasteiger partial charge is 0.243 e. The molecule has 1 aromatic carbocycles. The monoisotopic (exact) mass is 311 g/mol. The van der Waals surface area contributed by atoms with Crippen molar-refractivity contribution in [2.75, 3.05) is 20.6 Å². The fourth-order valence-electron chi connectivity index (χ4n) is 2.32. The van der Waals surface area contributed by atoms with E-state index < -0.39 is 23.7 Å². The Kier molecular flexibility index (Phi) is 5.07. The largest absolute Gasteiger partial charge is 0.342 e. The molecule has 1 aliphatic heterocycles. The van der Waals surface area contributed by atoms with Crippen molar-refractivity contribution in [1.82, 2.24) is 15.5 Å². The molecule has 7 heteroatoms. The summed E-state index contributed by atoms with van der Waals surface area (Å²) < 4.78 is 26.5. The van der Waals surface area contributed by atoms with Crippen LogP contribution in [-0.4, -0.2) is 49.4 Å². The van der Waals surface area contributed by atoms with Crippen LogP contribution in [0.3, 0.4) is 0 Å². The van der Waals surface area contributed by atoms with Crippen molar-refractivity contribution in [3.8, 4) is 0 Å². The maximum absolute atomic E-state index is 13.6. The van der Waals surface area contributed by atoms with Gasteiger partial charge in [0, 0.05) is 12.5 Å². The number of benzene rings is 1. The minimum absolute atomic E-state index is 0.00983. The second kappa shape index (κ2) is 6.83. The summed E-state index contributed by atoms with van der Waals surface area (Å²) in [6.45, 7) is 0.662. The van der Waals surface area contributed by atoms with Crippen LogP contribution in [0.25, 0.3) is 0 Å². The molecule has 2 rings (SSSR count). The van der Waals surface area contributed by atoms with Gasteiger partial charge in [-0.15, -0.1) is 0 Å². The molecule has 1 aromatic rings. The number of piperazine rings is 1. The van der Waals surface area contributed by atoms with Crippen LogP contribution in [0.1, 0.15) is 12.0 Å². The fraction of sp³-hybridized carbons (Fsp3) is 0.467. The van der Waals surface area contributed by atoms with E-state index in [-0.39, 0.29) is 23.8 Å². The van der Waals surface area contributed by atoms with Crippen LogP contribution in [0.5, 0.6) is 0 Å². The molecule has 2 atom stereocenters. The van der Waals surface area contributed by atoms with Crippen molar-refractivity contribution >= 4 is 11.8 Å². The Morgan fingerprint density at radius 2 is 1.73 bits per heavy atom. The average molecular weight is 311 g/mol. The first-order valence-corrected chi connectivity index (χ1v) is 7.06. The van der Waals surface area contributed by atoms with Gasteiger partial charge in [-0.25, -0.2) is 8.78 Å². The number of rotatable bonds is 5. The predicted molar refractivity (Wildman–Crippen MR) is 77.1 cm³/mol. The summed E-state index contributed by atoms with van der Waals surface area (Å²) in [5, 5.41) is 5.25. The van der Waals surface area contributed by atoms with Gasteiger partial charge in [-0.3, -0.25) is 9.59 Å². The van der Waals surface area contributed by atoms with E-state index in [0.29, 0.717) is 13.0 Å². The van der Waals surface area contributed by atoms with Gasteiger partial charge in [0.2, 0.25) is 11.8 Å². The second-order valence-electron chi connectivity index (χ2n) is 5.65. The summed E-state index contributed by atoms with van der Waals surface area (Å²) >= 11 is 0. The normalized spacial score (nSPS) is 21.7. The molecule has 1 aliphatic rings. The van der Waals surface area contributed by atoms with Crippen LogP contribution < -0.4 is 10.6 Å². The molecular formula is C15H19F2N3O2. The lowest BCUT2D eigenvalue weighted by molar-refractivity contribution is -0.137. The molecule has 0 aromatic heterocycles. The maximum Gasteiger partial charge on any atom is 0.243 e. The topological polar surface area (TPSA) is 61.4 Å². The standard InChI is InChI=1S/C15H19F2N3O2/c1-20(2)6-5-12-14(21)19-13(15(22)18-12)7-9-3-4-10(16)8-11(9)17/h3-4,8,12-13H,5-7H2,1-2H3,(H,18,22)(H,19,21)/t12?,13-/m0/s1. The van der Waals surface area contributed by atoms with E-state index in [0.717, 1.165) is 12.1 Å². The van der Waals surface area contributed by atoms with Gasteiger partial charge < -0.3 is 15.5 Å². The molecule has 120 valence electrons. The molecule has 0 radical (unpaired) electrons. The third kappa shape index (κ3) is 4.00. The zero-order chi connectivity index (χ0) is 16.3. The minimum Gasteiger partial charge on any atom is -0.342 e. The molecule has 1 unspecified atom stereocenters. The molecule has 0 aliphatic carbocycles. The van der Waals surface area contributed by atoms with Gasteiger partial charge in [-0.2, -0.15) is 0 Å². The Morgan fingerprint density at radius 3 is 2.36 bits per heavy atom. The van der Waals surface area contributed by atoms with Crippen molar-refractivity contribution in [3.05, 3.63) is 35.4 Å². The zero-order valence-electron chi connectivity index (χ0n) is 12.5. The summed E-state index contributed by atoms with van der Waals surface area (Å²) in [4.78, 5) is 26.0. The third-order valence-corrected chi connectivity index (χ3v) is 3.57. The van der Waals surface area contributed by atoms with Crippen molar-refractivity contribution in [3.63, 3.8) is 0 Å². The van der Waals surface area contributed by atoms with Gasteiger partial charge in [0.1, 0.15) is 23.7 Å². The van der Waals surface area contributed by atoms with E-state index in [2.05, 4.69) is 10.6 Å². The number of nitrogens with zero attached hydrogens (tertiary/aromatic N) is 1. The Bertz CT molecular complexity index is 578. The van der Waals surface area contributed by atoms with Gasteiger partial charge in [0.15, 0.2) is 0 Å². The van der Waals surface area contributed by atoms with Gasteiger partial charge in [-0.05, 0) is 38.7 Å². The molecule has 2 amide bonds. The summed E-state index contributed by atoms with van der Waals surface area (Å²) in [6.07, 6.45) is 0.492. The Labute approximate surface area is 127 Å². The molecule has 0 bridgehead atoms. The first kappa shape index (κ1) is 16.4. The molecule has 1 saturated heterocycles. The second-order valence-corrected chi connectivity index (χ2v) is 5.65. The predicted octanol–water partition coefficient (Wildman–Crippen LogP) is 0.442. The van der Waals surface area contributed by atoms with Crippen LogP contribution >= 0.6 is 0 Å². The van der Waals surface area contributed by atoms with Crippen molar-refractivity contribution < 1.29 is 18.4 Å². The van der Waals surface area contributed by atoms with Crippen LogP contribution in [0, 0.1) is 11.6 Å². The van der Waals surface area contributed by atoms with E-state index in [1.807, 2.05) is 19.0 Å². The van der Waals surface area contributed by atoms with Crippen LogP contribution in [0.2, 0.25) is 0 Å². The number of hydrogen-bond donors (Lipinski definition) is 2. The molecule has 0 spiro atoms. The van der Waals surface area contributed by atoms with Gasteiger partial charge in [0.25, 0.3) is 0 Å². The van der Waals surface area contributed by atoms with Crippen molar-refractivity contribution in [2.24, 2.45) is 0 Å². The molecule has 5 nitrogen and oxygen atoms in total. The minimum atomic E-state index is -0.844. The van der Waals surface area contributed by atoms with E-state index in [1.165, 1.54) is 6.07 Å². The molecule has 22 heavy (non-hydrogen) atoms. The van der Waals surface area contributed by atoms with E-state index in [4.69, 9.17) is 0 Å². The molecule has 2 N–H and O–H groups in total. The lowest BCUT2D eigenvalue weighted by atomic mass is 10.0. The highest BCUT2D eigenvalue weighted by atomic mass is 19.1. The molecule has 1 heterocycles. The van der Waals surface area contributed by atoms with E-state index in [9.17, 15) is 18.4 Å². The average Bonchev–Trinajstić information content (AvgIpc) is 2.43. The van der Waals surface area contributed by atoms with Gasteiger partial charge >= 0.3 is 0 Å². The van der Waals surface area contributed by atoms with Crippen LogP contribution in [-0.2, 0) is 16.0 Å². The summed E-state index contributed by atoms with van der Waals surface area (Å²) in [7, 11) is 3.76. The first-order valence-electron chi connectivity index (χ1n) is 7.06. The molecular weight excluding hydrogens is 292 g/mol. The third-order valence-electron chi connectivity index (χ3n) is 3.57. The number of carbonyl (C=O) groups excluding carboxylic acids is 2. The summed E-state index contributed by atoms with van der Waals surface area (Å²) in [5.41, 5.74) is 0.189. The highest BCUT2D eigenvalue weighted by Gasteiger charge is 2.33. The number of hydrogen-bond acceptors (Lipinski definition) is 3. The van der Waals surface area contributed by atoms with Crippen molar-refractivity contribution in [2.45, 2.75) is 24.9 Å². The molecule has 0 saturated carbocycles. The lowest BCUT2D eigenvalue weighted by Gasteiger charge is -2.30. The Balaban J connectivity index is 2.00. The summed E-state index contributed by atoms with van der Waals surface area (Å²) in [6, 6.07) is 1.74. The van der Waals surface area contributed by atoms with E-state index in [1.54, 1.807) is 0 Å². The SMILES string of the molecule is CN(C)CCC1NC(=O)[C@H](Cc2ccc(F)cc2F)NC1=O. The van der Waals surface area contributed by atoms with Crippen molar-refractivity contribution in [1.29, 1.82) is 0 Å². The highest BCUT2D eigenvalue weighted by Crippen LogP contribution is 2.13. The summed E-state index contributed by atoms with van der Waals surface area (Å²) in [5.74, 6) is -2.04. The van der Waals surface area contributed by atoms with Crippen LogP contribution in [0.4, 0.5) is 8.78 Å². The Hall–Kier alpha value is -2.02. The maximum atomic E-state index is 13.6. The highest BCUT2D eigenvalue weighted by molar-refractivity contribution is 5.97. The van der Waals surface area contributed by atoms with Crippen LogP contribution in [0.15, 0.2) is 18.2 Å².